The van der Waals surface area contributed by atoms with Crippen molar-refractivity contribution in [1.82, 2.24) is 9.21 Å². The number of β-amino-alcohol motifs (C(OH)–C–C–N with tert-alkyl or cyclic N) is 1. The van der Waals surface area contributed by atoms with Crippen molar-refractivity contribution in [2.24, 2.45) is 0 Å². The van der Waals surface area contributed by atoms with Crippen molar-refractivity contribution in [2.75, 3.05) is 39.3 Å². The predicted octanol–water partition coefficient (Wildman–Crippen LogP) is 1.71. The molecule has 2 rings (SSSR count). The van der Waals surface area contributed by atoms with Gasteiger partial charge in [-0.15, -0.1) is 0 Å². The third-order valence-corrected chi connectivity index (χ3v) is 6.80. The topological polar surface area (TPSA) is 60.9 Å². The number of hydrogen-bond acceptors (Lipinski definition) is 4. The van der Waals surface area contributed by atoms with Crippen molar-refractivity contribution in [3.63, 3.8) is 0 Å². The molecule has 1 saturated heterocycles. The van der Waals surface area contributed by atoms with Crippen LogP contribution in [0.1, 0.15) is 5.56 Å². The molecule has 1 fully saturated rings. The molecule has 0 bridgehead atoms. The van der Waals surface area contributed by atoms with Crippen molar-refractivity contribution in [3.05, 3.63) is 27.2 Å². The number of aliphatic hydroxyl groups excluding tert-OH is 1. The Bertz CT molecular complexity index is 616. The molecule has 1 N–H and O–H groups in total. The Morgan fingerprint density at radius 3 is 2.48 bits per heavy atom. The Labute approximate surface area is 138 Å². The average Bonchev–Trinajstić information content (AvgIpc) is 2.43. The van der Waals surface area contributed by atoms with E-state index in [9.17, 15) is 8.42 Å². The Hall–Kier alpha value is -0.180. The van der Waals surface area contributed by atoms with Gasteiger partial charge in [0.05, 0.1) is 11.6 Å². The van der Waals surface area contributed by atoms with Crippen LogP contribution in [-0.2, 0) is 10.0 Å². The molecule has 0 saturated carbocycles. The summed E-state index contributed by atoms with van der Waals surface area (Å²) in [6.45, 7) is 4.55. The van der Waals surface area contributed by atoms with E-state index in [0.29, 0.717) is 32.7 Å². The first kappa shape index (κ1) is 17.2. The summed E-state index contributed by atoms with van der Waals surface area (Å²) in [6.07, 6.45) is 0. The largest absolute Gasteiger partial charge is 0.395 e. The molecule has 118 valence electrons. The molecule has 1 aromatic carbocycles. The SMILES string of the molecule is Cc1cc(S(=O)(=O)N2CCN(CCO)CC2)c(Cl)cc1Br. The molecule has 0 amide bonds. The van der Waals surface area contributed by atoms with Crippen LogP contribution in [0.5, 0.6) is 0 Å². The normalized spacial score (nSPS) is 18.1. The van der Waals surface area contributed by atoms with Crippen LogP contribution in [0.15, 0.2) is 21.5 Å². The maximum Gasteiger partial charge on any atom is 0.244 e. The first-order valence-electron chi connectivity index (χ1n) is 6.65. The smallest absolute Gasteiger partial charge is 0.244 e. The van der Waals surface area contributed by atoms with Crippen LogP contribution < -0.4 is 0 Å². The highest BCUT2D eigenvalue weighted by atomic mass is 79.9. The van der Waals surface area contributed by atoms with Gasteiger partial charge >= 0.3 is 0 Å². The number of nitrogens with zero attached hydrogens (tertiary/aromatic N) is 2. The Balaban J connectivity index is 2.22. The van der Waals surface area contributed by atoms with E-state index in [1.165, 1.54) is 4.31 Å². The lowest BCUT2D eigenvalue weighted by atomic mass is 10.2. The summed E-state index contributed by atoms with van der Waals surface area (Å²) in [7, 11) is -3.58. The maximum absolute atomic E-state index is 12.7. The highest BCUT2D eigenvalue weighted by molar-refractivity contribution is 9.10. The molecular weight excluding hydrogens is 380 g/mol. The molecule has 0 atom stereocenters. The first-order valence-corrected chi connectivity index (χ1v) is 9.26. The second kappa shape index (κ2) is 6.93. The molecule has 0 radical (unpaired) electrons. The molecule has 0 aliphatic carbocycles. The number of halogens is 2. The predicted molar refractivity (Wildman–Crippen MR) is 86.2 cm³/mol. The minimum absolute atomic E-state index is 0.0878. The first-order chi connectivity index (χ1) is 9.86. The molecule has 5 nitrogen and oxygen atoms in total. The minimum atomic E-state index is -3.58. The highest BCUT2D eigenvalue weighted by Gasteiger charge is 2.30. The highest BCUT2D eigenvalue weighted by Crippen LogP contribution is 2.30. The van der Waals surface area contributed by atoms with Crippen LogP contribution in [0, 0.1) is 6.92 Å². The van der Waals surface area contributed by atoms with Crippen LogP contribution in [0.25, 0.3) is 0 Å². The molecule has 1 aromatic rings. The Morgan fingerprint density at radius 1 is 1.29 bits per heavy atom. The van der Waals surface area contributed by atoms with Gasteiger partial charge in [0, 0.05) is 37.2 Å². The van der Waals surface area contributed by atoms with Crippen LogP contribution in [0.2, 0.25) is 5.02 Å². The van der Waals surface area contributed by atoms with Gasteiger partial charge in [0.1, 0.15) is 4.90 Å². The van der Waals surface area contributed by atoms with E-state index in [1.807, 2.05) is 11.8 Å². The van der Waals surface area contributed by atoms with Crippen LogP contribution in [0.3, 0.4) is 0 Å². The van der Waals surface area contributed by atoms with Gasteiger partial charge in [-0.05, 0) is 24.6 Å². The second-order valence-corrected chi connectivity index (χ2v) is 8.17. The number of sulfonamides is 1. The van der Waals surface area contributed by atoms with Crippen LogP contribution >= 0.6 is 27.5 Å². The minimum Gasteiger partial charge on any atom is -0.395 e. The zero-order valence-corrected chi connectivity index (χ0v) is 14.9. The lowest BCUT2D eigenvalue weighted by molar-refractivity contribution is 0.151. The molecule has 1 aliphatic rings. The average molecular weight is 398 g/mol. The van der Waals surface area contributed by atoms with E-state index in [2.05, 4.69) is 15.9 Å². The zero-order valence-electron chi connectivity index (χ0n) is 11.7. The fourth-order valence-electron chi connectivity index (χ4n) is 2.30. The zero-order chi connectivity index (χ0) is 15.6. The second-order valence-electron chi connectivity index (χ2n) is 5.00. The molecule has 1 heterocycles. The summed E-state index contributed by atoms with van der Waals surface area (Å²) < 4.78 is 27.6. The number of piperazine rings is 1. The van der Waals surface area contributed by atoms with E-state index in [-0.39, 0.29) is 16.5 Å². The van der Waals surface area contributed by atoms with Gasteiger partial charge < -0.3 is 5.11 Å². The van der Waals surface area contributed by atoms with Gasteiger partial charge in [0.25, 0.3) is 0 Å². The summed E-state index contributed by atoms with van der Waals surface area (Å²) in [5, 5.41) is 9.15. The fraction of sp³-hybridized carbons (Fsp3) is 0.538. The number of benzene rings is 1. The van der Waals surface area contributed by atoms with Crippen molar-refractivity contribution in [2.45, 2.75) is 11.8 Å². The number of aryl methyl sites for hydroxylation is 1. The summed E-state index contributed by atoms with van der Waals surface area (Å²) in [6, 6.07) is 3.22. The van der Waals surface area contributed by atoms with Crippen LogP contribution in [-0.4, -0.2) is 62.1 Å². The third-order valence-electron chi connectivity index (χ3n) is 3.58. The lowest BCUT2D eigenvalue weighted by Crippen LogP contribution is -2.49. The Kier molecular flexibility index (Phi) is 5.67. The van der Waals surface area contributed by atoms with E-state index < -0.39 is 10.0 Å². The van der Waals surface area contributed by atoms with Gasteiger partial charge in [-0.1, -0.05) is 27.5 Å². The van der Waals surface area contributed by atoms with E-state index in [4.69, 9.17) is 16.7 Å². The van der Waals surface area contributed by atoms with Crippen molar-refractivity contribution in [3.8, 4) is 0 Å². The summed E-state index contributed by atoms with van der Waals surface area (Å²) >= 11 is 9.45. The molecule has 0 aromatic heterocycles. The summed E-state index contributed by atoms with van der Waals surface area (Å²) in [4.78, 5) is 2.20. The molecule has 0 spiro atoms. The van der Waals surface area contributed by atoms with Crippen molar-refractivity contribution >= 4 is 37.6 Å². The van der Waals surface area contributed by atoms with Crippen molar-refractivity contribution in [1.29, 1.82) is 0 Å². The van der Waals surface area contributed by atoms with Gasteiger partial charge in [0.2, 0.25) is 10.0 Å². The maximum atomic E-state index is 12.7. The van der Waals surface area contributed by atoms with Gasteiger partial charge in [-0.25, -0.2) is 8.42 Å². The van der Waals surface area contributed by atoms with Gasteiger partial charge in [-0.2, -0.15) is 4.31 Å². The van der Waals surface area contributed by atoms with E-state index in [0.717, 1.165) is 10.0 Å². The van der Waals surface area contributed by atoms with E-state index in [1.54, 1.807) is 12.1 Å². The monoisotopic (exact) mass is 396 g/mol. The molecule has 0 unspecified atom stereocenters. The van der Waals surface area contributed by atoms with Crippen molar-refractivity contribution < 1.29 is 13.5 Å². The number of hydrogen-bond donors (Lipinski definition) is 1. The van der Waals surface area contributed by atoms with E-state index >= 15 is 0 Å². The third kappa shape index (κ3) is 3.78. The fourth-order valence-corrected chi connectivity index (χ4v) is 4.79. The Morgan fingerprint density at radius 2 is 1.90 bits per heavy atom. The molecule has 8 heteroatoms. The van der Waals surface area contributed by atoms with Gasteiger partial charge in [0.15, 0.2) is 0 Å². The number of rotatable bonds is 4. The lowest BCUT2D eigenvalue weighted by Gasteiger charge is -2.33. The summed E-state index contributed by atoms with van der Waals surface area (Å²) in [5.74, 6) is 0. The van der Waals surface area contributed by atoms with Gasteiger partial charge in [-0.3, -0.25) is 4.90 Å². The molecule has 1 aliphatic heterocycles. The molecular formula is C13H18BrClN2O3S. The summed E-state index contributed by atoms with van der Waals surface area (Å²) in [5.41, 5.74) is 0.830. The van der Waals surface area contributed by atoms with Crippen LogP contribution in [0.4, 0.5) is 0 Å². The molecule has 21 heavy (non-hydrogen) atoms. The quantitative estimate of drug-likeness (QED) is 0.840. The number of aliphatic hydroxyl groups is 1. The standard InChI is InChI=1S/C13H18BrClN2O3S/c1-10-8-13(12(15)9-11(10)14)21(19,20)17-4-2-16(3-5-17)6-7-18/h8-9,18H,2-7H2,1H3.